The molecule has 0 bridgehead atoms. The van der Waals surface area contributed by atoms with E-state index in [0.717, 1.165) is 31.5 Å². The third-order valence-electron chi connectivity index (χ3n) is 4.34. The number of benzene rings is 1. The minimum absolute atomic E-state index is 0.0991. The molecule has 19 heavy (non-hydrogen) atoms. The molecule has 2 N–H and O–H groups in total. The highest BCUT2D eigenvalue weighted by Gasteiger charge is 2.46. The van der Waals surface area contributed by atoms with Gasteiger partial charge < -0.3 is 10.6 Å². The lowest BCUT2D eigenvalue weighted by Crippen LogP contribution is -2.31. The topological polar surface area (TPSA) is 46.3 Å². The van der Waals surface area contributed by atoms with Gasteiger partial charge in [-0.05, 0) is 48.9 Å². The van der Waals surface area contributed by atoms with Crippen molar-refractivity contribution in [2.75, 3.05) is 19.6 Å². The summed E-state index contributed by atoms with van der Waals surface area (Å²) in [6, 6.07) is 6.52. The van der Waals surface area contributed by atoms with Crippen molar-refractivity contribution in [3.63, 3.8) is 0 Å². The van der Waals surface area contributed by atoms with Crippen molar-refractivity contribution in [2.24, 2.45) is 17.6 Å². The predicted octanol–water partition coefficient (Wildman–Crippen LogP) is 1.74. The number of nitrogens with zero attached hydrogens (tertiary/aromatic N) is 1. The Labute approximate surface area is 112 Å². The van der Waals surface area contributed by atoms with Crippen LogP contribution in [-0.2, 0) is 4.79 Å². The molecule has 1 heterocycles. The number of rotatable bonds is 3. The molecule has 0 spiro atoms. The number of likely N-dealkylation sites (tertiary alicyclic amines) is 1. The lowest BCUT2D eigenvalue weighted by Gasteiger charge is -2.16. The fourth-order valence-electron chi connectivity index (χ4n) is 3.01. The first-order valence-corrected chi connectivity index (χ1v) is 6.93. The Morgan fingerprint density at radius 1 is 1.37 bits per heavy atom. The number of nitrogens with two attached hydrogens (primary N) is 1. The van der Waals surface area contributed by atoms with Gasteiger partial charge in [0.15, 0.2) is 0 Å². The average molecular weight is 262 g/mol. The minimum atomic E-state index is -0.224. The van der Waals surface area contributed by atoms with E-state index in [2.05, 4.69) is 0 Å². The molecule has 4 heteroatoms. The van der Waals surface area contributed by atoms with Crippen molar-refractivity contribution >= 4 is 5.91 Å². The molecule has 3 atom stereocenters. The number of hydrogen-bond donors (Lipinski definition) is 1. The zero-order valence-electron chi connectivity index (χ0n) is 10.9. The molecule has 1 amide bonds. The molecule has 3 nitrogen and oxygen atoms in total. The molecule has 1 aromatic rings. The quantitative estimate of drug-likeness (QED) is 0.902. The Balaban J connectivity index is 1.60. The number of carbonyl (C=O) groups excluding carboxylic acids is 1. The second-order valence-electron chi connectivity index (χ2n) is 5.67. The molecular weight excluding hydrogens is 243 g/mol. The Morgan fingerprint density at radius 2 is 2.11 bits per heavy atom. The van der Waals surface area contributed by atoms with Crippen LogP contribution in [0, 0.1) is 17.7 Å². The maximum atomic E-state index is 12.9. The normalized spacial score (nSPS) is 29.6. The average Bonchev–Trinajstić information content (AvgIpc) is 3.07. The van der Waals surface area contributed by atoms with Gasteiger partial charge in [0.25, 0.3) is 0 Å². The molecule has 2 aliphatic rings. The Hall–Kier alpha value is -1.42. The number of amides is 1. The monoisotopic (exact) mass is 262 g/mol. The van der Waals surface area contributed by atoms with Crippen LogP contribution in [0.1, 0.15) is 24.3 Å². The summed E-state index contributed by atoms with van der Waals surface area (Å²) in [6.07, 6.45) is 1.92. The second-order valence-corrected chi connectivity index (χ2v) is 5.67. The first kappa shape index (κ1) is 12.6. The van der Waals surface area contributed by atoms with Crippen LogP contribution in [0.4, 0.5) is 4.39 Å². The van der Waals surface area contributed by atoms with E-state index < -0.39 is 0 Å². The van der Waals surface area contributed by atoms with Crippen LogP contribution < -0.4 is 5.73 Å². The van der Waals surface area contributed by atoms with Gasteiger partial charge in [-0.25, -0.2) is 4.39 Å². The Kier molecular flexibility index (Phi) is 3.27. The van der Waals surface area contributed by atoms with Crippen LogP contribution in [0.5, 0.6) is 0 Å². The van der Waals surface area contributed by atoms with Crippen molar-refractivity contribution < 1.29 is 9.18 Å². The molecule has 102 valence electrons. The molecule has 1 aliphatic heterocycles. The Morgan fingerprint density at radius 3 is 2.74 bits per heavy atom. The van der Waals surface area contributed by atoms with Gasteiger partial charge in [0.2, 0.25) is 5.91 Å². The van der Waals surface area contributed by atoms with Gasteiger partial charge >= 0.3 is 0 Å². The molecule has 0 aromatic heterocycles. The van der Waals surface area contributed by atoms with E-state index in [1.165, 1.54) is 12.1 Å². The maximum absolute atomic E-state index is 12.9. The zero-order valence-corrected chi connectivity index (χ0v) is 10.9. The van der Waals surface area contributed by atoms with Gasteiger partial charge in [0.05, 0.1) is 0 Å². The number of hydrogen-bond acceptors (Lipinski definition) is 2. The van der Waals surface area contributed by atoms with Gasteiger partial charge in [-0.2, -0.15) is 0 Å². The van der Waals surface area contributed by atoms with E-state index in [9.17, 15) is 9.18 Å². The lowest BCUT2D eigenvalue weighted by atomic mass is 10.1. The second kappa shape index (κ2) is 4.93. The van der Waals surface area contributed by atoms with Crippen molar-refractivity contribution in [3.05, 3.63) is 35.6 Å². The fourth-order valence-corrected chi connectivity index (χ4v) is 3.01. The van der Waals surface area contributed by atoms with Crippen molar-refractivity contribution in [2.45, 2.75) is 18.8 Å². The minimum Gasteiger partial charge on any atom is -0.342 e. The van der Waals surface area contributed by atoms with Crippen LogP contribution in [0.25, 0.3) is 0 Å². The number of halogens is 1. The largest absolute Gasteiger partial charge is 0.342 e. The summed E-state index contributed by atoms with van der Waals surface area (Å²) in [4.78, 5) is 14.3. The summed E-state index contributed by atoms with van der Waals surface area (Å²) in [5.74, 6) is 0.877. The van der Waals surface area contributed by atoms with E-state index >= 15 is 0 Å². The molecule has 3 rings (SSSR count). The molecule has 1 saturated heterocycles. The number of carbonyl (C=O) groups is 1. The molecule has 1 aromatic carbocycles. The smallest absolute Gasteiger partial charge is 0.226 e. The van der Waals surface area contributed by atoms with Crippen LogP contribution in [0.3, 0.4) is 0 Å². The predicted molar refractivity (Wildman–Crippen MR) is 71.0 cm³/mol. The highest BCUT2D eigenvalue weighted by Crippen LogP contribution is 2.48. The molecule has 0 radical (unpaired) electrons. The lowest BCUT2D eigenvalue weighted by molar-refractivity contribution is -0.131. The third kappa shape index (κ3) is 2.50. The van der Waals surface area contributed by atoms with Gasteiger partial charge in [-0.15, -0.1) is 0 Å². The van der Waals surface area contributed by atoms with E-state index in [1.54, 1.807) is 12.1 Å². The highest BCUT2D eigenvalue weighted by molar-refractivity contribution is 5.83. The fraction of sp³-hybridized carbons (Fsp3) is 0.533. The van der Waals surface area contributed by atoms with Gasteiger partial charge in [0, 0.05) is 19.0 Å². The van der Waals surface area contributed by atoms with Crippen molar-refractivity contribution in [3.8, 4) is 0 Å². The SMILES string of the molecule is NCC1CCN(C(=O)C2CC2c2ccc(F)cc2)C1. The first-order chi connectivity index (χ1) is 9.19. The van der Waals surface area contributed by atoms with Gasteiger partial charge in [0.1, 0.15) is 5.82 Å². The first-order valence-electron chi connectivity index (χ1n) is 6.93. The van der Waals surface area contributed by atoms with Crippen molar-refractivity contribution in [1.29, 1.82) is 0 Å². The van der Waals surface area contributed by atoms with E-state index in [4.69, 9.17) is 5.73 Å². The standard InChI is InChI=1S/C15H19FN2O/c16-12-3-1-11(2-4-12)13-7-14(13)15(19)18-6-5-10(8-17)9-18/h1-4,10,13-14H,5-9,17H2. The summed E-state index contributed by atoms with van der Waals surface area (Å²) in [6.45, 7) is 2.31. The van der Waals surface area contributed by atoms with E-state index in [1.807, 2.05) is 4.90 Å². The molecule has 1 saturated carbocycles. The summed E-state index contributed by atoms with van der Waals surface area (Å²) in [5, 5.41) is 0. The molecule has 2 fully saturated rings. The maximum Gasteiger partial charge on any atom is 0.226 e. The molecule has 1 aliphatic carbocycles. The molecule has 3 unspecified atom stereocenters. The van der Waals surface area contributed by atoms with Crippen molar-refractivity contribution in [1.82, 2.24) is 4.90 Å². The summed E-state index contributed by atoms with van der Waals surface area (Å²) in [5.41, 5.74) is 6.73. The summed E-state index contributed by atoms with van der Waals surface area (Å²) < 4.78 is 12.9. The Bertz CT molecular complexity index is 474. The van der Waals surface area contributed by atoms with E-state index in [0.29, 0.717) is 12.5 Å². The summed E-state index contributed by atoms with van der Waals surface area (Å²) >= 11 is 0. The van der Waals surface area contributed by atoms with E-state index in [-0.39, 0.29) is 23.6 Å². The van der Waals surface area contributed by atoms with Crippen LogP contribution in [0.2, 0.25) is 0 Å². The zero-order chi connectivity index (χ0) is 13.4. The third-order valence-corrected chi connectivity index (χ3v) is 4.34. The summed E-state index contributed by atoms with van der Waals surface area (Å²) in [7, 11) is 0. The highest BCUT2D eigenvalue weighted by atomic mass is 19.1. The van der Waals surface area contributed by atoms with Gasteiger partial charge in [-0.3, -0.25) is 4.79 Å². The van der Waals surface area contributed by atoms with Gasteiger partial charge in [-0.1, -0.05) is 12.1 Å². The molecular formula is C15H19FN2O. The van der Waals surface area contributed by atoms with Crippen LogP contribution >= 0.6 is 0 Å². The van der Waals surface area contributed by atoms with Crippen LogP contribution in [0.15, 0.2) is 24.3 Å². The van der Waals surface area contributed by atoms with Crippen LogP contribution in [-0.4, -0.2) is 30.4 Å².